The number of ether oxygens (including phenoxy) is 14. The molecule has 0 aliphatic carbocycles. The Bertz CT molecular complexity index is 879. The highest BCUT2D eigenvalue weighted by molar-refractivity contribution is 5.89. The number of methoxy groups -OCH3 is 1. The first-order valence-electron chi connectivity index (χ1n) is 17.5. The van der Waals surface area contributed by atoms with Gasteiger partial charge in [-0.3, -0.25) is 4.79 Å². The highest BCUT2D eigenvalue weighted by Crippen LogP contribution is 2.00. The molecule has 0 unspecified atom stereocenters. The van der Waals surface area contributed by atoms with Crippen molar-refractivity contribution in [2.24, 2.45) is 0 Å². The third-order valence-corrected chi connectivity index (χ3v) is 6.24. The second kappa shape index (κ2) is 38.9. The highest BCUT2D eigenvalue weighted by Gasteiger charge is 2.05. The number of hydrogen-bond donors (Lipinski definition) is 0. The van der Waals surface area contributed by atoms with Crippen molar-refractivity contribution < 1.29 is 75.9 Å². The van der Waals surface area contributed by atoms with Crippen LogP contribution < -0.4 is 0 Å². The fourth-order valence-corrected chi connectivity index (χ4v) is 3.63. The minimum atomic E-state index is -0.361. The molecule has 0 spiro atoms. The molecule has 16 nitrogen and oxygen atoms in total. The summed E-state index contributed by atoms with van der Waals surface area (Å²) in [6.07, 6.45) is 0.240. The Kier molecular flexibility index (Phi) is 35.6. The zero-order valence-corrected chi connectivity index (χ0v) is 30.3. The van der Waals surface area contributed by atoms with E-state index in [4.69, 9.17) is 61.6 Å². The lowest BCUT2D eigenvalue weighted by molar-refractivity contribution is -0.141. The zero-order chi connectivity index (χ0) is 36.6. The van der Waals surface area contributed by atoms with Gasteiger partial charge in [0.2, 0.25) is 0 Å². The minimum Gasteiger partial charge on any atom is -0.469 e. The summed E-state index contributed by atoms with van der Waals surface area (Å²) in [6.45, 7) is 11.2. The molecule has 0 aromatic heterocycles. The predicted octanol–water partition coefficient (Wildman–Crippen LogP) is 1.61. The molecule has 1 rings (SSSR count). The lowest BCUT2D eigenvalue weighted by Crippen LogP contribution is -2.16. The molecule has 0 saturated carbocycles. The van der Waals surface area contributed by atoms with E-state index >= 15 is 0 Å². The lowest BCUT2D eigenvalue weighted by atomic mass is 10.2. The maximum atomic E-state index is 11.8. The largest absolute Gasteiger partial charge is 0.469 e. The lowest BCUT2D eigenvalue weighted by Gasteiger charge is -2.09. The number of carbonyl (C=O) groups is 2. The number of hydrogen-bond acceptors (Lipinski definition) is 16. The van der Waals surface area contributed by atoms with Gasteiger partial charge < -0.3 is 66.3 Å². The minimum absolute atomic E-state index is 0.196. The first-order chi connectivity index (χ1) is 25.2. The topological polar surface area (TPSA) is 163 Å². The highest BCUT2D eigenvalue weighted by atomic mass is 16.6. The molecular formula is C35H60O16. The van der Waals surface area contributed by atoms with Crippen molar-refractivity contribution >= 4 is 11.9 Å². The Morgan fingerprint density at radius 3 is 0.902 bits per heavy atom. The van der Waals surface area contributed by atoms with Crippen LogP contribution in [0.3, 0.4) is 0 Å². The van der Waals surface area contributed by atoms with Crippen LogP contribution in [0.5, 0.6) is 0 Å². The fraction of sp³-hybridized carbons (Fsp3) is 0.771. The van der Waals surface area contributed by atoms with Crippen LogP contribution in [0.15, 0.2) is 30.3 Å². The van der Waals surface area contributed by atoms with Crippen molar-refractivity contribution in [3.8, 4) is 0 Å². The first kappa shape index (κ1) is 46.7. The molecule has 51 heavy (non-hydrogen) atoms. The van der Waals surface area contributed by atoms with Gasteiger partial charge in [-0.2, -0.15) is 0 Å². The molecule has 1 aromatic carbocycles. The Labute approximate surface area is 302 Å². The number of benzene rings is 1. The molecule has 0 heterocycles. The van der Waals surface area contributed by atoms with E-state index in [9.17, 15) is 9.59 Å². The van der Waals surface area contributed by atoms with Crippen molar-refractivity contribution in [1.29, 1.82) is 0 Å². The molecule has 0 radical (unpaired) electrons. The van der Waals surface area contributed by atoms with Gasteiger partial charge in [0.25, 0.3) is 0 Å². The third kappa shape index (κ3) is 34.5. The normalized spacial score (nSPS) is 11.2. The SMILES string of the molecule is COC(=O)CCOCCOCCOCCOCCOCCOCCOCCOCCOCCOCCOCCOCCOC(=O)c1ccccc1. The van der Waals surface area contributed by atoms with E-state index in [2.05, 4.69) is 4.74 Å². The van der Waals surface area contributed by atoms with E-state index in [0.29, 0.717) is 164 Å². The van der Waals surface area contributed by atoms with E-state index < -0.39 is 0 Å². The molecule has 0 aliphatic rings. The third-order valence-electron chi connectivity index (χ3n) is 6.24. The van der Waals surface area contributed by atoms with Crippen LogP contribution in [0.1, 0.15) is 16.8 Å². The molecule has 16 heteroatoms. The summed E-state index contributed by atoms with van der Waals surface area (Å²) in [5.74, 6) is -0.651. The second-order valence-electron chi connectivity index (χ2n) is 10.2. The van der Waals surface area contributed by atoms with Gasteiger partial charge >= 0.3 is 11.9 Å². The molecular weight excluding hydrogens is 676 g/mol. The van der Waals surface area contributed by atoms with E-state index in [1.54, 1.807) is 24.3 Å². The van der Waals surface area contributed by atoms with Gasteiger partial charge in [0, 0.05) is 0 Å². The van der Waals surface area contributed by atoms with E-state index in [1.165, 1.54) is 7.11 Å². The van der Waals surface area contributed by atoms with Gasteiger partial charge in [0.05, 0.1) is 178 Å². The summed E-state index contributed by atoms with van der Waals surface area (Å²) < 4.78 is 74.8. The molecule has 1 aromatic rings. The maximum absolute atomic E-state index is 11.8. The molecule has 0 aliphatic heterocycles. The molecule has 0 saturated heterocycles. The maximum Gasteiger partial charge on any atom is 0.338 e. The first-order valence-corrected chi connectivity index (χ1v) is 17.5. The van der Waals surface area contributed by atoms with Crippen LogP contribution in [0.4, 0.5) is 0 Å². The average molecular weight is 737 g/mol. The van der Waals surface area contributed by atoms with Crippen LogP contribution in [0, 0.1) is 0 Å². The molecule has 0 amide bonds. The summed E-state index contributed by atoms with van der Waals surface area (Å²) in [6, 6.07) is 8.84. The summed E-state index contributed by atoms with van der Waals surface area (Å²) in [4.78, 5) is 22.7. The van der Waals surface area contributed by atoms with Crippen LogP contribution in [-0.2, 0) is 71.1 Å². The van der Waals surface area contributed by atoms with Crippen LogP contribution >= 0.6 is 0 Å². The van der Waals surface area contributed by atoms with Crippen molar-refractivity contribution in [3.63, 3.8) is 0 Å². The van der Waals surface area contributed by atoms with Gasteiger partial charge in [0.1, 0.15) is 6.61 Å². The average Bonchev–Trinajstić information content (AvgIpc) is 3.15. The molecule has 0 N–H and O–H groups in total. The Balaban J connectivity index is 1.63. The zero-order valence-electron chi connectivity index (χ0n) is 30.3. The van der Waals surface area contributed by atoms with Gasteiger partial charge in [-0.05, 0) is 12.1 Å². The summed E-state index contributed by atoms with van der Waals surface area (Å²) in [7, 11) is 1.35. The summed E-state index contributed by atoms with van der Waals surface area (Å²) in [5, 5.41) is 0. The number of esters is 2. The Morgan fingerprint density at radius 2 is 0.627 bits per heavy atom. The smallest absolute Gasteiger partial charge is 0.338 e. The van der Waals surface area contributed by atoms with Gasteiger partial charge in [0.15, 0.2) is 0 Å². The second-order valence-corrected chi connectivity index (χ2v) is 10.2. The standard InChI is InChI=1S/C35H60O16/c1-38-34(36)7-8-39-9-10-40-11-12-41-13-14-42-15-16-43-17-18-44-19-20-45-21-22-46-23-24-47-25-26-48-27-28-49-29-30-50-31-32-51-35(37)33-5-3-2-4-6-33/h2-6H,7-32H2,1H3. The Morgan fingerprint density at radius 1 is 0.373 bits per heavy atom. The Hall–Kier alpha value is -2.32. The monoisotopic (exact) mass is 736 g/mol. The van der Waals surface area contributed by atoms with Crippen molar-refractivity contribution in [2.45, 2.75) is 6.42 Å². The van der Waals surface area contributed by atoms with Gasteiger partial charge in [-0.25, -0.2) is 4.79 Å². The molecule has 0 fully saturated rings. The van der Waals surface area contributed by atoms with Crippen LogP contribution in [-0.4, -0.2) is 184 Å². The molecule has 0 bridgehead atoms. The number of carbonyl (C=O) groups excluding carboxylic acids is 2. The fourth-order valence-electron chi connectivity index (χ4n) is 3.63. The van der Waals surface area contributed by atoms with Crippen molar-refractivity contribution in [1.82, 2.24) is 0 Å². The van der Waals surface area contributed by atoms with Gasteiger partial charge in [-0.1, -0.05) is 18.2 Å². The molecule has 0 atom stereocenters. The van der Waals surface area contributed by atoms with E-state index in [-0.39, 0.29) is 25.0 Å². The molecule has 296 valence electrons. The van der Waals surface area contributed by atoms with Crippen molar-refractivity contribution in [3.05, 3.63) is 35.9 Å². The van der Waals surface area contributed by atoms with E-state index in [1.807, 2.05) is 6.07 Å². The van der Waals surface area contributed by atoms with Crippen LogP contribution in [0.2, 0.25) is 0 Å². The van der Waals surface area contributed by atoms with Crippen molar-refractivity contribution in [2.75, 3.05) is 172 Å². The predicted molar refractivity (Wildman–Crippen MR) is 183 cm³/mol. The van der Waals surface area contributed by atoms with Gasteiger partial charge in [-0.15, -0.1) is 0 Å². The van der Waals surface area contributed by atoms with Crippen LogP contribution in [0.25, 0.3) is 0 Å². The summed E-state index contributed by atoms with van der Waals surface area (Å²) in [5.41, 5.74) is 0.521. The summed E-state index contributed by atoms with van der Waals surface area (Å²) >= 11 is 0. The number of rotatable bonds is 40. The van der Waals surface area contributed by atoms with E-state index in [0.717, 1.165) is 0 Å². The quantitative estimate of drug-likeness (QED) is 0.0705.